The van der Waals surface area contributed by atoms with Gasteiger partial charge in [-0.05, 0) is 42.8 Å². The zero-order valence-electron chi connectivity index (χ0n) is 15.3. The predicted octanol–water partition coefficient (Wildman–Crippen LogP) is 3.84. The van der Waals surface area contributed by atoms with Crippen LogP contribution in [0, 0.1) is 5.82 Å². The lowest BCUT2D eigenvalue weighted by Crippen LogP contribution is -2.10. The van der Waals surface area contributed by atoms with Gasteiger partial charge in [-0.25, -0.2) is 13.9 Å². The van der Waals surface area contributed by atoms with Crippen LogP contribution in [0.2, 0.25) is 0 Å². The molecule has 0 saturated carbocycles. The van der Waals surface area contributed by atoms with Crippen LogP contribution in [-0.4, -0.2) is 35.2 Å². The summed E-state index contributed by atoms with van der Waals surface area (Å²) in [5, 5.41) is 4.24. The number of esters is 1. The summed E-state index contributed by atoms with van der Waals surface area (Å²) >= 11 is 0. The number of rotatable bonds is 8. The minimum atomic E-state index is -0.624. The highest BCUT2D eigenvalue weighted by molar-refractivity contribution is 5.96. The van der Waals surface area contributed by atoms with Gasteiger partial charge in [-0.2, -0.15) is 5.10 Å². The van der Waals surface area contributed by atoms with Crippen molar-refractivity contribution in [3.8, 4) is 11.4 Å². The fourth-order valence-corrected chi connectivity index (χ4v) is 2.61. The zero-order chi connectivity index (χ0) is 19.9. The molecule has 7 heteroatoms. The molecule has 6 nitrogen and oxygen atoms in total. The van der Waals surface area contributed by atoms with Gasteiger partial charge < -0.3 is 9.47 Å². The largest absolute Gasteiger partial charge is 0.493 e. The summed E-state index contributed by atoms with van der Waals surface area (Å²) in [6.07, 6.45) is 2.14. The molecule has 0 N–H and O–H groups in total. The predicted molar refractivity (Wildman–Crippen MR) is 100 cm³/mol. The highest BCUT2D eigenvalue weighted by atomic mass is 19.1. The number of aromatic nitrogens is 2. The van der Waals surface area contributed by atoms with E-state index in [1.165, 1.54) is 36.1 Å². The standard InChI is InChI=1S/C21H19FN2O4/c1-27-19-14-24(17-6-3-2-4-7-17)23-20(19)21(26)28-13-5-8-18(25)15-9-11-16(22)12-10-15/h2-4,6-7,9-12,14H,5,8,13H2,1H3. The zero-order valence-corrected chi connectivity index (χ0v) is 15.3. The molecule has 0 bridgehead atoms. The Morgan fingerprint density at radius 1 is 1.07 bits per heavy atom. The van der Waals surface area contributed by atoms with Crippen LogP contribution in [0.25, 0.3) is 5.69 Å². The lowest BCUT2D eigenvalue weighted by Gasteiger charge is -2.04. The van der Waals surface area contributed by atoms with Crippen LogP contribution in [0.4, 0.5) is 4.39 Å². The number of ketones is 1. The van der Waals surface area contributed by atoms with Crippen LogP contribution >= 0.6 is 0 Å². The average molecular weight is 382 g/mol. The third-order valence-electron chi connectivity index (χ3n) is 4.06. The van der Waals surface area contributed by atoms with Crippen LogP contribution in [0.5, 0.6) is 5.75 Å². The maximum Gasteiger partial charge on any atom is 0.362 e. The van der Waals surface area contributed by atoms with Crippen molar-refractivity contribution < 1.29 is 23.5 Å². The Kier molecular flexibility index (Phi) is 6.16. The number of methoxy groups -OCH3 is 1. The molecule has 28 heavy (non-hydrogen) atoms. The topological polar surface area (TPSA) is 70.4 Å². The summed E-state index contributed by atoms with van der Waals surface area (Å²) in [5.41, 5.74) is 1.27. The number of Topliss-reactive ketones (excluding diaryl/α,β-unsaturated/α-hetero) is 1. The van der Waals surface area contributed by atoms with Gasteiger partial charge >= 0.3 is 5.97 Å². The molecular weight excluding hydrogens is 363 g/mol. The van der Waals surface area contributed by atoms with E-state index in [-0.39, 0.29) is 24.5 Å². The number of hydrogen-bond donors (Lipinski definition) is 0. The summed E-state index contributed by atoms with van der Waals surface area (Å²) in [6.45, 7) is 0.0626. The van der Waals surface area contributed by atoms with Crippen molar-refractivity contribution in [1.29, 1.82) is 0 Å². The van der Waals surface area contributed by atoms with Crippen LogP contribution in [0.1, 0.15) is 33.7 Å². The van der Waals surface area contributed by atoms with E-state index >= 15 is 0 Å². The van der Waals surface area contributed by atoms with Gasteiger partial charge in [0.05, 0.1) is 25.6 Å². The average Bonchev–Trinajstić information content (AvgIpc) is 3.17. The molecule has 0 saturated heterocycles. The Balaban J connectivity index is 1.55. The molecule has 1 heterocycles. The molecule has 2 aromatic carbocycles. The van der Waals surface area contributed by atoms with E-state index in [1.54, 1.807) is 6.20 Å². The minimum absolute atomic E-state index is 0.0626. The molecule has 3 rings (SSSR count). The second-order valence-electron chi connectivity index (χ2n) is 6.00. The summed E-state index contributed by atoms with van der Waals surface area (Å²) in [6, 6.07) is 14.7. The number of para-hydroxylation sites is 1. The molecular formula is C21H19FN2O4. The van der Waals surface area contributed by atoms with E-state index in [2.05, 4.69) is 5.10 Å². The maximum absolute atomic E-state index is 12.9. The van der Waals surface area contributed by atoms with E-state index in [0.29, 0.717) is 17.7 Å². The molecule has 0 spiro atoms. The van der Waals surface area contributed by atoms with Crippen LogP contribution in [0.15, 0.2) is 60.8 Å². The fraction of sp³-hybridized carbons (Fsp3) is 0.190. The Bertz CT molecular complexity index is 952. The molecule has 0 amide bonds. The normalized spacial score (nSPS) is 10.5. The summed E-state index contributed by atoms with van der Waals surface area (Å²) < 4.78 is 24.9. The summed E-state index contributed by atoms with van der Waals surface area (Å²) in [4.78, 5) is 24.3. The number of carbonyl (C=O) groups excluding carboxylic acids is 2. The molecule has 0 aliphatic carbocycles. The molecule has 0 aliphatic rings. The van der Waals surface area contributed by atoms with Crippen LogP contribution < -0.4 is 4.74 Å². The quantitative estimate of drug-likeness (QED) is 0.336. The molecule has 3 aromatic rings. The van der Waals surface area contributed by atoms with Crippen molar-refractivity contribution in [2.75, 3.05) is 13.7 Å². The van der Waals surface area contributed by atoms with Crippen molar-refractivity contribution in [2.45, 2.75) is 12.8 Å². The van der Waals surface area contributed by atoms with E-state index in [4.69, 9.17) is 9.47 Å². The number of nitrogens with zero attached hydrogens (tertiary/aromatic N) is 2. The van der Waals surface area contributed by atoms with Gasteiger partial charge in [0.15, 0.2) is 11.5 Å². The summed E-state index contributed by atoms with van der Waals surface area (Å²) in [7, 11) is 1.45. The summed E-state index contributed by atoms with van der Waals surface area (Å²) in [5.74, 6) is -0.853. The molecule has 1 aromatic heterocycles. The second kappa shape index (κ2) is 8.94. The van der Waals surface area contributed by atoms with E-state index < -0.39 is 11.8 Å². The van der Waals surface area contributed by atoms with Gasteiger partial charge in [0, 0.05) is 12.0 Å². The first-order valence-electron chi connectivity index (χ1n) is 8.73. The van der Waals surface area contributed by atoms with Crippen molar-refractivity contribution in [3.63, 3.8) is 0 Å². The van der Waals surface area contributed by atoms with Crippen LogP contribution in [-0.2, 0) is 4.74 Å². The van der Waals surface area contributed by atoms with Gasteiger partial charge in [0.25, 0.3) is 0 Å². The lowest BCUT2D eigenvalue weighted by atomic mass is 10.1. The maximum atomic E-state index is 12.9. The first-order valence-corrected chi connectivity index (χ1v) is 8.73. The van der Waals surface area contributed by atoms with Crippen molar-refractivity contribution in [2.24, 2.45) is 0 Å². The Morgan fingerprint density at radius 3 is 2.46 bits per heavy atom. The number of carbonyl (C=O) groups is 2. The molecule has 0 fully saturated rings. The number of benzene rings is 2. The Morgan fingerprint density at radius 2 is 1.79 bits per heavy atom. The van der Waals surface area contributed by atoms with Gasteiger partial charge in [-0.15, -0.1) is 0 Å². The molecule has 144 valence electrons. The number of ether oxygens (including phenoxy) is 2. The van der Waals surface area contributed by atoms with Crippen molar-refractivity contribution in [3.05, 3.63) is 77.9 Å². The van der Waals surface area contributed by atoms with E-state index in [0.717, 1.165) is 5.69 Å². The van der Waals surface area contributed by atoms with Crippen LogP contribution in [0.3, 0.4) is 0 Å². The SMILES string of the molecule is COc1cn(-c2ccccc2)nc1C(=O)OCCCC(=O)c1ccc(F)cc1. The van der Waals surface area contributed by atoms with E-state index in [1.807, 2.05) is 30.3 Å². The van der Waals surface area contributed by atoms with Gasteiger partial charge in [-0.3, -0.25) is 4.79 Å². The third-order valence-corrected chi connectivity index (χ3v) is 4.06. The highest BCUT2D eigenvalue weighted by Crippen LogP contribution is 2.20. The number of halogens is 1. The molecule has 0 atom stereocenters. The van der Waals surface area contributed by atoms with E-state index in [9.17, 15) is 14.0 Å². The molecule has 0 aliphatic heterocycles. The molecule has 0 unspecified atom stereocenters. The monoisotopic (exact) mass is 382 g/mol. The Labute approximate surface area is 161 Å². The van der Waals surface area contributed by atoms with Crippen molar-refractivity contribution in [1.82, 2.24) is 9.78 Å². The van der Waals surface area contributed by atoms with Gasteiger partial charge in [0.2, 0.25) is 5.69 Å². The van der Waals surface area contributed by atoms with Crippen molar-refractivity contribution >= 4 is 11.8 Å². The molecule has 0 radical (unpaired) electrons. The third kappa shape index (κ3) is 4.62. The lowest BCUT2D eigenvalue weighted by molar-refractivity contribution is 0.0483. The first-order chi connectivity index (χ1) is 13.6. The minimum Gasteiger partial charge on any atom is -0.493 e. The number of hydrogen-bond acceptors (Lipinski definition) is 5. The van der Waals surface area contributed by atoms with Gasteiger partial charge in [-0.1, -0.05) is 18.2 Å². The smallest absolute Gasteiger partial charge is 0.362 e. The highest BCUT2D eigenvalue weighted by Gasteiger charge is 2.20. The fourth-order valence-electron chi connectivity index (χ4n) is 2.61. The van der Waals surface area contributed by atoms with Gasteiger partial charge in [0.1, 0.15) is 5.82 Å². The Hall–Kier alpha value is -3.48. The second-order valence-corrected chi connectivity index (χ2v) is 6.00. The first kappa shape index (κ1) is 19.3.